The highest BCUT2D eigenvalue weighted by Crippen LogP contribution is 1.97. The van der Waals surface area contributed by atoms with Crippen molar-refractivity contribution in [2.45, 2.75) is 13.3 Å². The first-order chi connectivity index (χ1) is 4.72. The van der Waals surface area contributed by atoms with Crippen molar-refractivity contribution in [1.82, 2.24) is 0 Å². The first kappa shape index (κ1) is 8.89. The summed E-state index contributed by atoms with van der Waals surface area (Å²) in [6.45, 7) is 8.87. The number of hydrogen-bond donors (Lipinski definition) is 0. The predicted octanol–water partition coefficient (Wildman–Crippen LogP) is 2.26. The van der Waals surface area contributed by atoms with Crippen LogP contribution in [-0.2, 0) is 4.79 Å². The Balaban J connectivity index is 3.97. The highest BCUT2D eigenvalue weighted by atomic mass is 16.1. The third-order valence-electron chi connectivity index (χ3n) is 1.11. The molecule has 0 aromatic carbocycles. The third kappa shape index (κ3) is 3.02. The first-order valence-electron chi connectivity index (χ1n) is 3.23. The average Bonchev–Trinajstić information content (AvgIpc) is 1.98. The van der Waals surface area contributed by atoms with Crippen molar-refractivity contribution >= 4 is 5.78 Å². The Kier molecular flexibility index (Phi) is 4.21. The Morgan fingerprint density at radius 2 is 2.20 bits per heavy atom. The standard InChI is InChI=1S/C9H12O/c1-4-6-7-8(3)9(10)5-2/h4,6-7H,1,3,5H2,2H3. The fourth-order valence-electron chi connectivity index (χ4n) is 0.504. The molecule has 1 heteroatoms. The van der Waals surface area contributed by atoms with E-state index in [1.807, 2.05) is 6.92 Å². The molecule has 0 amide bonds. The predicted molar refractivity (Wildman–Crippen MR) is 43.8 cm³/mol. The molecule has 0 rings (SSSR count). The minimum atomic E-state index is 0.0816. The number of ketones is 1. The molecule has 0 unspecified atom stereocenters. The molecule has 0 saturated heterocycles. The molecule has 0 radical (unpaired) electrons. The van der Waals surface area contributed by atoms with Crippen molar-refractivity contribution in [3.05, 3.63) is 37.0 Å². The van der Waals surface area contributed by atoms with E-state index in [0.717, 1.165) is 0 Å². The van der Waals surface area contributed by atoms with Crippen LogP contribution in [0.25, 0.3) is 0 Å². The molecule has 10 heavy (non-hydrogen) atoms. The fourth-order valence-corrected chi connectivity index (χ4v) is 0.504. The second-order valence-corrected chi connectivity index (χ2v) is 1.90. The maximum Gasteiger partial charge on any atom is 0.162 e. The quantitative estimate of drug-likeness (QED) is 0.428. The third-order valence-corrected chi connectivity index (χ3v) is 1.11. The van der Waals surface area contributed by atoms with Crippen molar-refractivity contribution in [2.75, 3.05) is 0 Å². The van der Waals surface area contributed by atoms with Gasteiger partial charge in [-0.05, 0) is 0 Å². The van der Waals surface area contributed by atoms with Crippen molar-refractivity contribution in [1.29, 1.82) is 0 Å². The van der Waals surface area contributed by atoms with Crippen LogP contribution in [0, 0.1) is 0 Å². The molecule has 54 valence electrons. The van der Waals surface area contributed by atoms with Gasteiger partial charge in [-0.3, -0.25) is 4.79 Å². The molecule has 0 aliphatic rings. The van der Waals surface area contributed by atoms with E-state index < -0.39 is 0 Å². The molecule has 0 bridgehead atoms. The van der Waals surface area contributed by atoms with Crippen LogP contribution in [0.4, 0.5) is 0 Å². The minimum absolute atomic E-state index is 0.0816. The first-order valence-corrected chi connectivity index (χ1v) is 3.23. The number of allylic oxidation sites excluding steroid dienone is 4. The molecule has 0 aliphatic carbocycles. The molecular formula is C9H12O. The molecule has 1 nitrogen and oxygen atoms in total. The zero-order valence-electron chi connectivity index (χ0n) is 6.26. The van der Waals surface area contributed by atoms with Crippen LogP contribution >= 0.6 is 0 Å². The Bertz CT molecular complexity index is 175. The van der Waals surface area contributed by atoms with Gasteiger partial charge < -0.3 is 0 Å². The van der Waals surface area contributed by atoms with Crippen molar-refractivity contribution in [3.63, 3.8) is 0 Å². The largest absolute Gasteiger partial charge is 0.294 e. The molecule has 0 N–H and O–H groups in total. The lowest BCUT2D eigenvalue weighted by Gasteiger charge is -1.91. The normalized spacial score (nSPS) is 9.70. The van der Waals surface area contributed by atoms with Gasteiger partial charge in [0.2, 0.25) is 0 Å². The zero-order chi connectivity index (χ0) is 7.98. The Morgan fingerprint density at radius 3 is 2.60 bits per heavy atom. The topological polar surface area (TPSA) is 17.1 Å². The molecule has 0 heterocycles. The maximum atomic E-state index is 10.8. The summed E-state index contributed by atoms with van der Waals surface area (Å²) in [5.41, 5.74) is 0.544. The number of carbonyl (C=O) groups excluding carboxylic acids is 1. The van der Waals surface area contributed by atoms with Crippen LogP contribution in [0.5, 0.6) is 0 Å². The summed E-state index contributed by atoms with van der Waals surface area (Å²) in [6.07, 6.45) is 5.50. The van der Waals surface area contributed by atoms with E-state index in [2.05, 4.69) is 13.2 Å². The van der Waals surface area contributed by atoms with Gasteiger partial charge in [-0.2, -0.15) is 0 Å². The van der Waals surface area contributed by atoms with Gasteiger partial charge in [0.1, 0.15) is 0 Å². The Morgan fingerprint density at radius 1 is 1.60 bits per heavy atom. The van der Waals surface area contributed by atoms with E-state index in [0.29, 0.717) is 12.0 Å². The van der Waals surface area contributed by atoms with Crippen LogP contribution in [0.15, 0.2) is 37.0 Å². The molecule has 0 aliphatic heterocycles. The summed E-state index contributed by atoms with van der Waals surface area (Å²) in [7, 11) is 0. The summed E-state index contributed by atoms with van der Waals surface area (Å²) in [4.78, 5) is 10.8. The van der Waals surface area contributed by atoms with Gasteiger partial charge in [-0.15, -0.1) is 0 Å². The Labute approximate surface area is 61.8 Å². The molecule has 0 saturated carbocycles. The summed E-state index contributed by atoms with van der Waals surface area (Å²) < 4.78 is 0. The van der Waals surface area contributed by atoms with Gasteiger partial charge in [0.15, 0.2) is 5.78 Å². The smallest absolute Gasteiger partial charge is 0.162 e. The van der Waals surface area contributed by atoms with Crippen LogP contribution < -0.4 is 0 Å². The van der Waals surface area contributed by atoms with E-state index >= 15 is 0 Å². The second kappa shape index (κ2) is 4.74. The summed E-state index contributed by atoms with van der Waals surface area (Å²) in [5.74, 6) is 0.0816. The maximum absolute atomic E-state index is 10.8. The van der Waals surface area contributed by atoms with E-state index in [4.69, 9.17) is 0 Å². The molecule has 0 fully saturated rings. The SMILES string of the molecule is C=CC=CC(=C)C(=O)CC. The molecule has 0 aromatic rings. The summed E-state index contributed by atoms with van der Waals surface area (Å²) in [6, 6.07) is 0. The van der Waals surface area contributed by atoms with E-state index in [1.165, 1.54) is 0 Å². The Hall–Kier alpha value is -1.11. The van der Waals surface area contributed by atoms with Crippen molar-refractivity contribution in [3.8, 4) is 0 Å². The molecule has 0 atom stereocenters. The molecule has 0 spiro atoms. The number of hydrogen-bond acceptors (Lipinski definition) is 1. The van der Waals surface area contributed by atoms with Crippen LogP contribution in [0.2, 0.25) is 0 Å². The van der Waals surface area contributed by atoms with Gasteiger partial charge in [-0.25, -0.2) is 0 Å². The number of rotatable bonds is 4. The van der Waals surface area contributed by atoms with Crippen LogP contribution in [-0.4, -0.2) is 5.78 Å². The van der Waals surface area contributed by atoms with E-state index in [1.54, 1.807) is 18.2 Å². The fraction of sp³-hybridized carbons (Fsp3) is 0.222. The number of Topliss-reactive ketones (excluding diaryl/α,β-unsaturated/α-hetero) is 1. The number of carbonyl (C=O) groups is 1. The summed E-state index contributed by atoms with van der Waals surface area (Å²) >= 11 is 0. The summed E-state index contributed by atoms with van der Waals surface area (Å²) in [5, 5.41) is 0. The molecule has 0 aromatic heterocycles. The van der Waals surface area contributed by atoms with Crippen molar-refractivity contribution < 1.29 is 4.79 Å². The van der Waals surface area contributed by atoms with E-state index in [-0.39, 0.29) is 5.78 Å². The lowest BCUT2D eigenvalue weighted by molar-refractivity contribution is -0.114. The van der Waals surface area contributed by atoms with Gasteiger partial charge in [0.25, 0.3) is 0 Å². The van der Waals surface area contributed by atoms with Crippen LogP contribution in [0.3, 0.4) is 0 Å². The second-order valence-electron chi connectivity index (χ2n) is 1.90. The van der Waals surface area contributed by atoms with Gasteiger partial charge in [0, 0.05) is 12.0 Å². The lowest BCUT2D eigenvalue weighted by Crippen LogP contribution is -1.94. The highest BCUT2D eigenvalue weighted by molar-refractivity contribution is 5.97. The van der Waals surface area contributed by atoms with Gasteiger partial charge in [-0.1, -0.05) is 38.3 Å². The molecular weight excluding hydrogens is 124 g/mol. The lowest BCUT2D eigenvalue weighted by atomic mass is 10.1. The van der Waals surface area contributed by atoms with E-state index in [9.17, 15) is 4.79 Å². The highest BCUT2D eigenvalue weighted by Gasteiger charge is 1.97. The van der Waals surface area contributed by atoms with Crippen molar-refractivity contribution in [2.24, 2.45) is 0 Å². The van der Waals surface area contributed by atoms with Crippen LogP contribution in [0.1, 0.15) is 13.3 Å². The zero-order valence-corrected chi connectivity index (χ0v) is 6.26. The van der Waals surface area contributed by atoms with Gasteiger partial charge >= 0.3 is 0 Å². The average molecular weight is 136 g/mol. The minimum Gasteiger partial charge on any atom is -0.294 e. The van der Waals surface area contributed by atoms with Gasteiger partial charge in [0.05, 0.1) is 0 Å². The monoisotopic (exact) mass is 136 g/mol.